The molecule has 2 aromatic rings. The summed E-state index contributed by atoms with van der Waals surface area (Å²) in [5.74, 6) is 0. The van der Waals surface area contributed by atoms with Gasteiger partial charge in [-0.2, -0.15) is 5.10 Å². The van der Waals surface area contributed by atoms with Crippen LogP contribution in [0, 0.1) is 0 Å². The van der Waals surface area contributed by atoms with E-state index in [1.165, 1.54) is 0 Å². The highest BCUT2D eigenvalue weighted by Gasteiger charge is 1.98. The van der Waals surface area contributed by atoms with Crippen molar-refractivity contribution in [2.45, 2.75) is 6.92 Å². The molecule has 1 aromatic carbocycles. The zero-order valence-electron chi connectivity index (χ0n) is 9.14. The quantitative estimate of drug-likeness (QED) is 0.607. The Labute approximate surface area is 94.4 Å². The SMILES string of the molecule is CCN=CNc1cccc(-c2ccn[nH]2)c1. The summed E-state index contributed by atoms with van der Waals surface area (Å²) in [4.78, 5) is 4.10. The monoisotopic (exact) mass is 214 g/mol. The number of hydrogen-bond donors (Lipinski definition) is 2. The zero-order valence-corrected chi connectivity index (χ0v) is 9.14. The van der Waals surface area contributed by atoms with E-state index >= 15 is 0 Å². The van der Waals surface area contributed by atoms with Crippen molar-refractivity contribution < 1.29 is 0 Å². The number of anilines is 1. The first kappa shape index (κ1) is 10.4. The minimum atomic E-state index is 0.785. The molecule has 2 N–H and O–H groups in total. The topological polar surface area (TPSA) is 53.1 Å². The molecule has 0 saturated heterocycles. The number of rotatable bonds is 4. The van der Waals surface area contributed by atoms with E-state index in [0.717, 1.165) is 23.5 Å². The van der Waals surface area contributed by atoms with Gasteiger partial charge in [-0.15, -0.1) is 0 Å². The number of aromatic amines is 1. The third-order valence-electron chi connectivity index (χ3n) is 2.18. The largest absolute Gasteiger partial charge is 0.347 e. The van der Waals surface area contributed by atoms with Crippen LogP contribution in [0.4, 0.5) is 5.69 Å². The van der Waals surface area contributed by atoms with Crippen molar-refractivity contribution in [2.24, 2.45) is 4.99 Å². The Hall–Kier alpha value is -2.10. The number of aliphatic imine (C=N–C) groups is 1. The Kier molecular flexibility index (Phi) is 3.33. The molecule has 0 saturated carbocycles. The highest BCUT2D eigenvalue weighted by atomic mass is 15.1. The number of nitrogens with zero attached hydrogens (tertiary/aromatic N) is 2. The highest BCUT2D eigenvalue weighted by molar-refractivity contribution is 5.78. The summed E-state index contributed by atoms with van der Waals surface area (Å²) >= 11 is 0. The second-order valence-corrected chi connectivity index (χ2v) is 3.32. The average Bonchev–Trinajstić information content (AvgIpc) is 2.83. The van der Waals surface area contributed by atoms with Crippen LogP contribution in [0.2, 0.25) is 0 Å². The van der Waals surface area contributed by atoms with Gasteiger partial charge in [0, 0.05) is 24.0 Å². The Morgan fingerprint density at radius 2 is 2.38 bits per heavy atom. The summed E-state index contributed by atoms with van der Waals surface area (Å²) in [5, 5.41) is 9.99. The lowest BCUT2D eigenvalue weighted by Crippen LogP contribution is -1.95. The lowest BCUT2D eigenvalue weighted by molar-refractivity contribution is 1.10. The highest BCUT2D eigenvalue weighted by Crippen LogP contribution is 2.19. The van der Waals surface area contributed by atoms with Gasteiger partial charge in [0.15, 0.2) is 0 Å². The molecular formula is C12H14N4. The number of H-pyrrole nitrogens is 1. The van der Waals surface area contributed by atoms with Gasteiger partial charge in [0.2, 0.25) is 0 Å². The second kappa shape index (κ2) is 5.11. The van der Waals surface area contributed by atoms with Crippen molar-refractivity contribution in [3.05, 3.63) is 36.5 Å². The predicted octanol–water partition coefficient (Wildman–Crippen LogP) is 2.54. The molecule has 0 fully saturated rings. The van der Waals surface area contributed by atoms with E-state index in [4.69, 9.17) is 0 Å². The maximum Gasteiger partial charge on any atom is 0.0867 e. The van der Waals surface area contributed by atoms with Crippen LogP contribution < -0.4 is 5.32 Å². The molecular weight excluding hydrogens is 200 g/mol. The molecule has 2 rings (SSSR count). The van der Waals surface area contributed by atoms with Gasteiger partial charge in [0.1, 0.15) is 0 Å². The summed E-state index contributed by atoms with van der Waals surface area (Å²) in [6, 6.07) is 10.0. The Morgan fingerprint density at radius 3 is 3.12 bits per heavy atom. The van der Waals surface area contributed by atoms with Gasteiger partial charge in [-0.25, -0.2) is 0 Å². The molecule has 0 bridgehead atoms. The van der Waals surface area contributed by atoms with E-state index in [1.54, 1.807) is 12.5 Å². The van der Waals surface area contributed by atoms with Gasteiger partial charge in [0.25, 0.3) is 0 Å². The molecule has 82 valence electrons. The summed E-state index contributed by atoms with van der Waals surface area (Å²) in [5.41, 5.74) is 3.13. The lowest BCUT2D eigenvalue weighted by Gasteiger charge is -2.02. The standard InChI is InChI=1S/C12H14N4/c1-2-13-9-14-11-5-3-4-10(8-11)12-6-7-15-16-12/h3-9H,2H2,1H3,(H,13,14)(H,15,16). The van der Waals surface area contributed by atoms with Crippen molar-refractivity contribution in [3.63, 3.8) is 0 Å². The molecule has 0 unspecified atom stereocenters. The van der Waals surface area contributed by atoms with Gasteiger partial charge in [-0.1, -0.05) is 12.1 Å². The Bertz CT molecular complexity index is 460. The maximum atomic E-state index is 4.10. The normalized spacial score (nSPS) is 10.8. The van der Waals surface area contributed by atoms with Crippen LogP contribution in [-0.2, 0) is 0 Å². The molecule has 1 heterocycles. The molecule has 4 nitrogen and oxygen atoms in total. The Balaban J connectivity index is 2.17. The van der Waals surface area contributed by atoms with Gasteiger partial charge < -0.3 is 5.32 Å². The van der Waals surface area contributed by atoms with E-state index in [-0.39, 0.29) is 0 Å². The molecule has 0 aliphatic carbocycles. The number of nitrogens with one attached hydrogen (secondary N) is 2. The van der Waals surface area contributed by atoms with Crippen molar-refractivity contribution >= 4 is 12.0 Å². The summed E-state index contributed by atoms with van der Waals surface area (Å²) in [6.07, 6.45) is 3.46. The molecule has 16 heavy (non-hydrogen) atoms. The minimum Gasteiger partial charge on any atom is -0.347 e. The molecule has 0 aliphatic rings. The summed E-state index contributed by atoms with van der Waals surface area (Å²) in [6.45, 7) is 2.78. The van der Waals surface area contributed by atoms with Gasteiger partial charge >= 0.3 is 0 Å². The first-order chi connectivity index (χ1) is 7.90. The molecule has 0 amide bonds. The van der Waals surface area contributed by atoms with E-state index in [2.05, 4.69) is 26.6 Å². The van der Waals surface area contributed by atoms with E-state index in [9.17, 15) is 0 Å². The van der Waals surface area contributed by atoms with Gasteiger partial charge in [-0.05, 0) is 25.1 Å². The first-order valence-corrected chi connectivity index (χ1v) is 5.25. The number of hydrogen-bond acceptors (Lipinski definition) is 2. The molecule has 4 heteroatoms. The van der Waals surface area contributed by atoms with Gasteiger partial charge in [0.05, 0.1) is 12.0 Å². The fourth-order valence-corrected chi connectivity index (χ4v) is 1.40. The molecule has 0 radical (unpaired) electrons. The van der Waals surface area contributed by atoms with Crippen LogP contribution in [-0.4, -0.2) is 23.1 Å². The van der Waals surface area contributed by atoms with Crippen molar-refractivity contribution in [3.8, 4) is 11.3 Å². The molecule has 0 atom stereocenters. The fourth-order valence-electron chi connectivity index (χ4n) is 1.40. The predicted molar refractivity (Wildman–Crippen MR) is 66.7 cm³/mol. The summed E-state index contributed by atoms with van der Waals surface area (Å²) < 4.78 is 0. The van der Waals surface area contributed by atoms with Crippen LogP contribution in [0.1, 0.15) is 6.92 Å². The third kappa shape index (κ3) is 2.48. The van der Waals surface area contributed by atoms with Crippen molar-refractivity contribution in [2.75, 3.05) is 11.9 Å². The van der Waals surface area contributed by atoms with Crippen LogP contribution in [0.15, 0.2) is 41.5 Å². The maximum absolute atomic E-state index is 4.10. The molecule has 0 spiro atoms. The Morgan fingerprint density at radius 1 is 1.44 bits per heavy atom. The van der Waals surface area contributed by atoms with Crippen LogP contribution in [0.3, 0.4) is 0 Å². The number of benzene rings is 1. The lowest BCUT2D eigenvalue weighted by atomic mass is 10.1. The van der Waals surface area contributed by atoms with Crippen molar-refractivity contribution in [1.82, 2.24) is 10.2 Å². The minimum absolute atomic E-state index is 0.785. The van der Waals surface area contributed by atoms with Gasteiger partial charge in [-0.3, -0.25) is 10.1 Å². The molecule has 1 aromatic heterocycles. The first-order valence-electron chi connectivity index (χ1n) is 5.25. The third-order valence-corrected chi connectivity index (χ3v) is 2.18. The van der Waals surface area contributed by atoms with E-state index < -0.39 is 0 Å². The smallest absolute Gasteiger partial charge is 0.0867 e. The van der Waals surface area contributed by atoms with Crippen molar-refractivity contribution in [1.29, 1.82) is 0 Å². The summed E-state index contributed by atoms with van der Waals surface area (Å²) in [7, 11) is 0. The van der Waals surface area contributed by atoms with E-state index in [1.807, 2.05) is 31.2 Å². The van der Waals surface area contributed by atoms with Crippen LogP contribution >= 0.6 is 0 Å². The molecule has 0 aliphatic heterocycles. The average molecular weight is 214 g/mol. The van der Waals surface area contributed by atoms with E-state index in [0.29, 0.717) is 0 Å². The number of aromatic nitrogens is 2. The van der Waals surface area contributed by atoms with Crippen LogP contribution in [0.5, 0.6) is 0 Å². The zero-order chi connectivity index (χ0) is 11.2. The second-order valence-electron chi connectivity index (χ2n) is 3.32. The van der Waals surface area contributed by atoms with Crippen LogP contribution in [0.25, 0.3) is 11.3 Å². The fraction of sp³-hybridized carbons (Fsp3) is 0.167.